The van der Waals surface area contributed by atoms with E-state index in [9.17, 15) is 8.42 Å². The molecule has 2 rings (SSSR count). The molecule has 2 aromatic rings. The molecule has 1 heterocycles. The van der Waals surface area contributed by atoms with Crippen molar-refractivity contribution in [3.05, 3.63) is 36.2 Å². The number of aromatic nitrogens is 2. The number of rotatable bonds is 4. The summed E-state index contributed by atoms with van der Waals surface area (Å²) >= 11 is 0. The van der Waals surface area contributed by atoms with Crippen LogP contribution in [0.3, 0.4) is 0 Å². The maximum atomic E-state index is 11.2. The molecule has 0 radical (unpaired) electrons. The molecule has 18 heavy (non-hydrogen) atoms. The lowest BCUT2D eigenvalue weighted by molar-refractivity contribution is 0.337. The molecule has 1 aromatic carbocycles. The van der Waals surface area contributed by atoms with Gasteiger partial charge in [0.25, 0.3) is 0 Å². The van der Waals surface area contributed by atoms with Crippen LogP contribution in [0.4, 0.5) is 0 Å². The van der Waals surface area contributed by atoms with Gasteiger partial charge in [0.1, 0.15) is 0 Å². The molecule has 7 heteroatoms. The second kappa shape index (κ2) is 4.87. The van der Waals surface area contributed by atoms with Gasteiger partial charge in [-0.2, -0.15) is 9.29 Å². The first-order valence-corrected chi connectivity index (χ1v) is 7.11. The van der Waals surface area contributed by atoms with Crippen molar-refractivity contribution in [1.82, 2.24) is 14.4 Å². The van der Waals surface area contributed by atoms with Crippen LogP contribution in [0.5, 0.6) is 0 Å². The zero-order chi connectivity index (χ0) is 13.2. The van der Waals surface area contributed by atoms with E-state index in [0.29, 0.717) is 5.82 Å². The second-order valence-corrected chi connectivity index (χ2v) is 5.99. The summed E-state index contributed by atoms with van der Waals surface area (Å²) < 4.78 is 28.7. The number of benzene rings is 1. The minimum atomic E-state index is -3.25. The molecule has 0 bridgehead atoms. The Labute approximate surface area is 105 Å². The number of nitrogens with zero attached hydrogens (tertiary/aromatic N) is 3. The van der Waals surface area contributed by atoms with Crippen molar-refractivity contribution in [3.8, 4) is 11.4 Å². The van der Waals surface area contributed by atoms with Crippen LogP contribution in [0.15, 0.2) is 34.9 Å². The van der Waals surface area contributed by atoms with Crippen molar-refractivity contribution in [2.45, 2.75) is 6.54 Å². The largest absolute Gasteiger partial charge is 0.338 e. The maximum Gasteiger partial charge on any atom is 0.242 e. The number of hydrogen-bond acceptors (Lipinski definition) is 5. The van der Waals surface area contributed by atoms with Crippen LogP contribution < -0.4 is 0 Å². The van der Waals surface area contributed by atoms with Gasteiger partial charge >= 0.3 is 0 Å². The highest BCUT2D eigenvalue weighted by Gasteiger charge is 2.16. The third-order valence-corrected chi connectivity index (χ3v) is 3.69. The Morgan fingerprint density at radius 2 is 1.94 bits per heavy atom. The molecular weight excluding hydrogens is 254 g/mol. The number of sulfonamides is 1. The van der Waals surface area contributed by atoms with Crippen LogP contribution in [0, 0.1) is 0 Å². The highest BCUT2D eigenvalue weighted by atomic mass is 32.2. The van der Waals surface area contributed by atoms with Gasteiger partial charge in [0, 0.05) is 12.6 Å². The van der Waals surface area contributed by atoms with Crippen LogP contribution in [-0.2, 0) is 16.6 Å². The lowest BCUT2D eigenvalue weighted by Gasteiger charge is -2.09. The summed E-state index contributed by atoms with van der Waals surface area (Å²) in [5, 5.41) is 3.81. The van der Waals surface area contributed by atoms with Gasteiger partial charge in [-0.05, 0) is 0 Å². The van der Waals surface area contributed by atoms with Crippen molar-refractivity contribution in [2.75, 3.05) is 13.3 Å². The molecule has 0 aliphatic carbocycles. The van der Waals surface area contributed by atoms with Crippen LogP contribution in [-0.4, -0.2) is 36.2 Å². The fourth-order valence-electron chi connectivity index (χ4n) is 1.33. The van der Waals surface area contributed by atoms with E-state index in [1.54, 1.807) is 0 Å². The minimum Gasteiger partial charge on any atom is -0.338 e. The van der Waals surface area contributed by atoms with Crippen molar-refractivity contribution in [3.63, 3.8) is 0 Å². The van der Waals surface area contributed by atoms with Crippen LogP contribution in [0.25, 0.3) is 11.4 Å². The molecule has 0 aliphatic rings. The van der Waals surface area contributed by atoms with E-state index < -0.39 is 10.0 Å². The van der Waals surface area contributed by atoms with Crippen LogP contribution in [0.2, 0.25) is 0 Å². The van der Waals surface area contributed by atoms with Crippen molar-refractivity contribution in [2.24, 2.45) is 0 Å². The smallest absolute Gasteiger partial charge is 0.242 e. The summed E-state index contributed by atoms with van der Waals surface area (Å²) in [5.41, 5.74) is 0.828. The molecule has 0 aliphatic heterocycles. The third kappa shape index (κ3) is 2.93. The predicted molar refractivity (Wildman–Crippen MR) is 66.0 cm³/mol. The van der Waals surface area contributed by atoms with Crippen molar-refractivity contribution in [1.29, 1.82) is 0 Å². The first-order chi connectivity index (χ1) is 8.47. The van der Waals surface area contributed by atoms with E-state index in [-0.39, 0.29) is 12.4 Å². The van der Waals surface area contributed by atoms with Gasteiger partial charge in [-0.3, -0.25) is 0 Å². The fraction of sp³-hybridized carbons (Fsp3) is 0.273. The fourth-order valence-corrected chi connectivity index (χ4v) is 1.68. The molecule has 0 amide bonds. The summed E-state index contributed by atoms with van der Waals surface area (Å²) in [5.74, 6) is 0.717. The summed E-state index contributed by atoms with van der Waals surface area (Å²) in [4.78, 5) is 4.15. The minimum absolute atomic E-state index is 0.0681. The number of hydrogen-bond donors (Lipinski definition) is 0. The van der Waals surface area contributed by atoms with Crippen molar-refractivity contribution < 1.29 is 12.9 Å². The molecule has 0 fully saturated rings. The van der Waals surface area contributed by atoms with E-state index in [1.165, 1.54) is 7.05 Å². The van der Waals surface area contributed by atoms with Gasteiger partial charge < -0.3 is 4.52 Å². The lowest BCUT2D eigenvalue weighted by Crippen LogP contribution is -2.25. The molecule has 0 unspecified atom stereocenters. The molecule has 6 nitrogen and oxygen atoms in total. The Kier molecular flexibility index (Phi) is 3.44. The lowest BCUT2D eigenvalue weighted by atomic mass is 10.2. The molecule has 0 saturated heterocycles. The van der Waals surface area contributed by atoms with Gasteiger partial charge in [0.05, 0.1) is 12.8 Å². The monoisotopic (exact) mass is 267 g/mol. The Morgan fingerprint density at radius 1 is 1.28 bits per heavy atom. The van der Waals surface area contributed by atoms with Crippen LogP contribution >= 0.6 is 0 Å². The predicted octanol–water partition coefficient (Wildman–Crippen LogP) is 1.13. The molecule has 0 N–H and O–H groups in total. The second-order valence-electron chi connectivity index (χ2n) is 3.90. The zero-order valence-corrected chi connectivity index (χ0v) is 10.9. The quantitative estimate of drug-likeness (QED) is 0.830. The third-order valence-electron chi connectivity index (χ3n) is 2.42. The SMILES string of the molecule is CN(Cc1nc(-c2ccccc2)no1)S(C)(=O)=O. The van der Waals surface area contributed by atoms with Gasteiger partial charge in [-0.1, -0.05) is 35.5 Å². The summed E-state index contributed by atoms with van der Waals surface area (Å²) in [6.45, 7) is 0.0681. The van der Waals surface area contributed by atoms with E-state index in [1.807, 2.05) is 30.3 Å². The average molecular weight is 267 g/mol. The van der Waals surface area contributed by atoms with Gasteiger partial charge in [0.15, 0.2) is 0 Å². The van der Waals surface area contributed by atoms with Crippen molar-refractivity contribution >= 4 is 10.0 Å². The molecule has 1 aromatic heterocycles. The topological polar surface area (TPSA) is 76.3 Å². The molecular formula is C11H13N3O3S. The maximum absolute atomic E-state index is 11.2. The molecule has 96 valence electrons. The Hall–Kier alpha value is -1.73. The summed E-state index contributed by atoms with van der Waals surface area (Å²) in [7, 11) is -1.79. The van der Waals surface area contributed by atoms with E-state index in [0.717, 1.165) is 16.1 Å². The standard InChI is InChI=1S/C11H13N3O3S/c1-14(18(2,15)16)8-10-12-11(13-17-10)9-6-4-3-5-7-9/h3-7H,8H2,1-2H3. The van der Waals surface area contributed by atoms with Gasteiger partial charge in [-0.25, -0.2) is 8.42 Å². The Bertz CT molecular complexity index is 622. The van der Waals surface area contributed by atoms with Gasteiger partial charge in [-0.15, -0.1) is 0 Å². The first-order valence-electron chi connectivity index (χ1n) is 5.26. The summed E-state index contributed by atoms with van der Waals surface area (Å²) in [6.07, 6.45) is 1.13. The zero-order valence-electron chi connectivity index (χ0n) is 10.1. The molecule has 0 saturated carbocycles. The Morgan fingerprint density at radius 3 is 2.56 bits per heavy atom. The summed E-state index contributed by atoms with van der Waals surface area (Å²) in [6, 6.07) is 9.34. The van der Waals surface area contributed by atoms with Gasteiger partial charge in [0.2, 0.25) is 21.7 Å². The molecule has 0 spiro atoms. The van der Waals surface area contributed by atoms with E-state index in [2.05, 4.69) is 10.1 Å². The van der Waals surface area contributed by atoms with E-state index >= 15 is 0 Å². The van der Waals surface area contributed by atoms with E-state index in [4.69, 9.17) is 4.52 Å². The Balaban J connectivity index is 2.17. The average Bonchev–Trinajstić information content (AvgIpc) is 2.77. The highest BCUT2D eigenvalue weighted by molar-refractivity contribution is 7.88. The highest BCUT2D eigenvalue weighted by Crippen LogP contribution is 2.15. The first kappa shape index (κ1) is 12.7. The molecule has 0 atom stereocenters. The normalized spacial score (nSPS) is 11.9. The van der Waals surface area contributed by atoms with Crippen LogP contribution in [0.1, 0.15) is 5.89 Å².